The van der Waals surface area contributed by atoms with Gasteiger partial charge in [-0.05, 0) is 45.6 Å². The maximum Gasteiger partial charge on any atom is 0.146 e. The van der Waals surface area contributed by atoms with Crippen molar-refractivity contribution in [2.45, 2.75) is 25.3 Å². The molecule has 1 aromatic carbocycles. The van der Waals surface area contributed by atoms with E-state index in [4.69, 9.17) is 16.3 Å². The molecule has 0 radical (unpaired) electrons. The number of ether oxygens (including phenoxy) is 1. The van der Waals surface area contributed by atoms with Crippen molar-refractivity contribution < 1.29 is 4.74 Å². The Kier molecular flexibility index (Phi) is 5.26. The molecule has 0 aliphatic heterocycles. The zero-order chi connectivity index (χ0) is 14.5. The van der Waals surface area contributed by atoms with Gasteiger partial charge in [0.15, 0.2) is 0 Å². The molecule has 0 fully saturated rings. The van der Waals surface area contributed by atoms with Gasteiger partial charge in [0, 0.05) is 6.54 Å². The van der Waals surface area contributed by atoms with Crippen molar-refractivity contribution >= 4 is 22.6 Å². The summed E-state index contributed by atoms with van der Waals surface area (Å²) in [4.78, 5) is 6.82. The number of imidazole rings is 1. The monoisotopic (exact) mass is 295 g/mol. The number of hydrogen-bond donors (Lipinski definition) is 0. The van der Waals surface area contributed by atoms with E-state index in [1.165, 1.54) is 6.42 Å². The van der Waals surface area contributed by atoms with Crippen LogP contribution < -0.4 is 4.74 Å². The molecule has 20 heavy (non-hydrogen) atoms. The molecule has 0 amide bonds. The van der Waals surface area contributed by atoms with Crippen molar-refractivity contribution in [3.05, 3.63) is 24.0 Å². The molecule has 0 saturated carbocycles. The molecule has 0 aliphatic carbocycles. The van der Waals surface area contributed by atoms with Gasteiger partial charge in [0.2, 0.25) is 0 Å². The Morgan fingerprint density at radius 2 is 2.10 bits per heavy atom. The largest absolute Gasteiger partial charge is 0.494 e. The van der Waals surface area contributed by atoms with Crippen LogP contribution in [0.15, 0.2) is 18.2 Å². The lowest BCUT2D eigenvalue weighted by atomic mass is 10.2. The first-order valence-electron chi connectivity index (χ1n) is 6.90. The maximum atomic E-state index is 6.03. The van der Waals surface area contributed by atoms with Crippen LogP contribution in [-0.2, 0) is 12.4 Å². The minimum atomic E-state index is 0.422. The summed E-state index contributed by atoms with van der Waals surface area (Å²) in [6.07, 6.45) is 2.28. The zero-order valence-electron chi connectivity index (χ0n) is 12.4. The summed E-state index contributed by atoms with van der Waals surface area (Å²) in [5.41, 5.74) is 2.00. The molecule has 0 spiro atoms. The molecule has 2 rings (SSSR count). The Labute approximate surface area is 125 Å². The first-order chi connectivity index (χ1) is 9.67. The lowest BCUT2D eigenvalue weighted by molar-refractivity contribution is 0.388. The molecule has 0 N–H and O–H groups in total. The standard InChI is InChI=1S/C15H22ClN3O/c1-18(2)9-4-5-10-19-12-7-6-8-13(20-3)15(12)17-14(19)11-16/h6-8H,4-5,9-11H2,1-3H3. The van der Waals surface area contributed by atoms with E-state index in [0.717, 1.165) is 42.1 Å². The van der Waals surface area contributed by atoms with E-state index >= 15 is 0 Å². The lowest BCUT2D eigenvalue weighted by Gasteiger charge is -2.11. The van der Waals surface area contributed by atoms with Crippen molar-refractivity contribution in [2.75, 3.05) is 27.7 Å². The summed E-state index contributed by atoms with van der Waals surface area (Å²) >= 11 is 6.03. The average Bonchev–Trinajstić information content (AvgIpc) is 2.81. The maximum absolute atomic E-state index is 6.03. The van der Waals surface area contributed by atoms with Crippen LogP contribution in [0.5, 0.6) is 5.75 Å². The Morgan fingerprint density at radius 3 is 2.75 bits per heavy atom. The van der Waals surface area contributed by atoms with E-state index < -0.39 is 0 Å². The van der Waals surface area contributed by atoms with Gasteiger partial charge >= 0.3 is 0 Å². The Balaban J connectivity index is 2.22. The van der Waals surface area contributed by atoms with Gasteiger partial charge in [0.1, 0.15) is 17.1 Å². The number of unbranched alkanes of at least 4 members (excludes halogenated alkanes) is 1. The van der Waals surface area contributed by atoms with Crippen LogP contribution in [0.1, 0.15) is 18.7 Å². The Bertz CT molecular complexity index is 565. The van der Waals surface area contributed by atoms with Gasteiger partial charge in [-0.25, -0.2) is 4.98 Å². The summed E-state index contributed by atoms with van der Waals surface area (Å²) in [6, 6.07) is 6.01. The highest BCUT2D eigenvalue weighted by molar-refractivity contribution is 6.16. The number of nitrogens with zero attached hydrogens (tertiary/aromatic N) is 3. The number of methoxy groups -OCH3 is 1. The third-order valence-corrected chi connectivity index (χ3v) is 3.64. The molecule has 2 aromatic rings. The van der Waals surface area contributed by atoms with Gasteiger partial charge in [0.25, 0.3) is 0 Å². The number of aryl methyl sites for hydroxylation is 1. The minimum Gasteiger partial charge on any atom is -0.494 e. The molecule has 4 nitrogen and oxygen atoms in total. The van der Waals surface area contributed by atoms with E-state index in [2.05, 4.69) is 34.6 Å². The molecule has 0 unspecified atom stereocenters. The molecule has 1 heterocycles. The van der Waals surface area contributed by atoms with Crippen molar-refractivity contribution in [3.8, 4) is 5.75 Å². The van der Waals surface area contributed by atoms with Gasteiger partial charge in [-0.15, -0.1) is 11.6 Å². The summed E-state index contributed by atoms with van der Waals surface area (Å²) < 4.78 is 7.58. The Morgan fingerprint density at radius 1 is 1.30 bits per heavy atom. The van der Waals surface area contributed by atoms with Crippen molar-refractivity contribution in [3.63, 3.8) is 0 Å². The van der Waals surface area contributed by atoms with Crippen LogP contribution in [-0.4, -0.2) is 42.2 Å². The van der Waals surface area contributed by atoms with Crippen molar-refractivity contribution in [2.24, 2.45) is 0 Å². The fraction of sp³-hybridized carbons (Fsp3) is 0.533. The van der Waals surface area contributed by atoms with E-state index in [1.54, 1.807) is 7.11 Å². The molecule has 1 aromatic heterocycles. The number of aromatic nitrogens is 2. The van der Waals surface area contributed by atoms with Crippen LogP contribution in [0, 0.1) is 0 Å². The highest BCUT2D eigenvalue weighted by Gasteiger charge is 2.12. The first-order valence-corrected chi connectivity index (χ1v) is 7.43. The number of para-hydroxylation sites is 1. The van der Waals surface area contributed by atoms with Gasteiger partial charge in [-0.2, -0.15) is 0 Å². The number of fused-ring (bicyclic) bond motifs is 1. The first kappa shape index (κ1) is 15.1. The second-order valence-electron chi connectivity index (χ2n) is 5.15. The average molecular weight is 296 g/mol. The second kappa shape index (κ2) is 6.95. The highest BCUT2D eigenvalue weighted by atomic mass is 35.5. The topological polar surface area (TPSA) is 30.3 Å². The predicted octanol–water partition coefficient (Wildman–Crippen LogP) is 3.13. The lowest BCUT2D eigenvalue weighted by Crippen LogP contribution is -2.13. The van der Waals surface area contributed by atoms with Crippen LogP contribution in [0.2, 0.25) is 0 Å². The number of halogens is 1. The normalized spacial score (nSPS) is 11.4. The number of alkyl halides is 1. The quantitative estimate of drug-likeness (QED) is 0.581. The van der Waals surface area contributed by atoms with E-state index in [-0.39, 0.29) is 0 Å². The van der Waals surface area contributed by atoms with Crippen LogP contribution in [0.25, 0.3) is 11.0 Å². The summed E-state index contributed by atoms with van der Waals surface area (Å²) in [5.74, 6) is 2.14. The zero-order valence-corrected chi connectivity index (χ0v) is 13.2. The molecule has 5 heteroatoms. The van der Waals surface area contributed by atoms with Gasteiger partial charge in [-0.3, -0.25) is 0 Å². The number of benzene rings is 1. The van der Waals surface area contributed by atoms with Crippen LogP contribution >= 0.6 is 11.6 Å². The minimum absolute atomic E-state index is 0.422. The number of hydrogen-bond acceptors (Lipinski definition) is 3. The van der Waals surface area contributed by atoms with Gasteiger partial charge < -0.3 is 14.2 Å². The fourth-order valence-corrected chi connectivity index (χ4v) is 2.59. The SMILES string of the molecule is COc1cccc2c1nc(CCl)n2CCCCN(C)C. The van der Waals surface area contributed by atoms with Crippen molar-refractivity contribution in [1.82, 2.24) is 14.5 Å². The summed E-state index contributed by atoms with van der Waals surface area (Å²) in [5, 5.41) is 0. The molecule has 0 atom stereocenters. The van der Waals surface area contributed by atoms with E-state index in [9.17, 15) is 0 Å². The van der Waals surface area contributed by atoms with Gasteiger partial charge in [0.05, 0.1) is 18.5 Å². The third-order valence-electron chi connectivity index (χ3n) is 3.40. The number of rotatable bonds is 7. The molecular weight excluding hydrogens is 274 g/mol. The Hall–Kier alpha value is -1.26. The third kappa shape index (κ3) is 3.25. The smallest absolute Gasteiger partial charge is 0.146 e. The van der Waals surface area contributed by atoms with E-state index in [1.807, 2.05) is 12.1 Å². The van der Waals surface area contributed by atoms with Crippen LogP contribution in [0.3, 0.4) is 0 Å². The molecule has 110 valence electrons. The molecule has 0 saturated heterocycles. The predicted molar refractivity (Wildman–Crippen MR) is 83.6 cm³/mol. The van der Waals surface area contributed by atoms with Gasteiger partial charge in [-0.1, -0.05) is 6.07 Å². The fourth-order valence-electron chi connectivity index (χ4n) is 2.38. The summed E-state index contributed by atoms with van der Waals surface area (Å²) in [6.45, 7) is 2.05. The molecule has 0 bridgehead atoms. The van der Waals surface area contributed by atoms with Crippen molar-refractivity contribution in [1.29, 1.82) is 0 Å². The second-order valence-corrected chi connectivity index (χ2v) is 5.42. The van der Waals surface area contributed by atoms with Crippen LogP contribution in [0.4, 0.5) is 0 Å². The highest BCUT2D eigenvalue weighted by Crippen LogP contribution is 2.26. The molecule has 0 aliphatic rings. The summed E-state index contributed by atoms with van der Waals surface area (Å²) in [7, 11) is 5.87. The molecular formula is C15H22ClN3O. The van der Waals surface area contributed by atoms with E-state index in [0.29, 0.717) is 5.88 Å².